The van der Waals surface area contributed by atoms with Gasteiger partial charge in [0.2, 0.25) is 0 Å². The molecule has 2 aromatic carbocycles. The molecule has 0 bridgehead atoms. The minimum atomic E-state index is -2.56. The largest absolute Gasteiger partial charge is 0.449 e. The first kappa shape index (κ1) is 23.1. The fourth-order valence-corrected chi connectivity index (χ4v) is 10.2. The molecule has 2 heterocycles. The second-order valence-electron chi connectivity index (χ2n) is 9.21. The summed E-state index contributed by atoms with van der Waals surface area (Å²) in [6.45, 7) is 10.7. The number of likely N-dealkylation sites (tertiary alicyclic amines) is 1. The molecule has 2 aliphatic rings. The number of carbonyl (C=O) groups is 1. The van der Waals surface area contributed by atoms with Crippen molar-refractivity contribution in [1.29, 1.82) is 0 Å². The summed E-state index contributed by atoms with van der Waals surface area (Å²) >= 11 is 1.63. The Morgan fingerprint density at radius 2 is 1.59 bits per heavy atom. The lowest BCUT2D eigenvalue weighted by Crippen LogP contribution is -2.71. The molecule has 0 aromatic heterocycles. The second kappa shape index (κ2) is 9.43. The molecule has 0 N–H and O–H groups in total. The molecule has 1 unspecified atom stereocenters. The van der Waals surface area contributed by atoms with Gasteiger partial charge in [0.05, 0.1) is 12.7 Å². The van der Waals surface area contributed by atoms with Crippen molar-refractivity contribution in [3.63, 3.8) is 0 Å². The van der Waals surface area contributed by atoms with Crippen LogP contribution in [0.2, 0.25) is 5.04 Å². The second-order valence-corrected chi connectivity index (χ2v) is 14.4. The third-order valence-corrected chi connectivity index (χ3v) is 12.2. The van der Waals surface area contributed by atoms with E-state index < -0.39 is 8.32 Å². The molecule has 0 aliphatic carbocycles. The normalized spacial score (nSPS) is 19.8. The molecular formula is C25H32N2O3SSi. The van der Waals surface area contributed by atoms with Gasteiger partial charge >= 0.3 is 6.09 Å². The fraction of sp³-hybridized carbons (Fsp3) is 0.400. The highest BCUT2D eigenvalue weighted by Gasteiger charge is 2.53. The maximum atomic E-state index is 12.3. The Morgan fingerprint density at radius 1 is 1.03 bits per heavy atom. The molecule has 1 atom stereocenters. The van der Waals surface area contributed by atoms with Crippen LogP contribution in [0, 0.1) is 0 Å². The van der Waals surface area contributed by atoms with Gasteiger partial charge in [0.25, 0.3) is 8.32 Å². The number of benzene rings is 2. The van der Waals surface area contributed by atoms with Crippen LogP contribution in [0.3, 0.4) is 0 Å². The quantitative estimate of drug-likeness (QED) is 0.594. The zero-order valence-electron chi connectivity index (χ0n) is 19.2. The topological polar surface area (TPSA) is 42.0 Å². The van der Waals surface area contributed by atoms with Crippen LogP contribution in [0.25, 0.3) is 0 Å². The zero-order valence-corrected chi connectivity index (χ0v) is 21.0. The van der Waals surface area contributed by atoms with Crippen LogP contribution in [0.5, 0.6) is 0 Å². The van der Waals surface area contributed by atoms with Gasteiger partial charge in [-0.2, -0.15) is 0 Å². The minimum absolute atomic E-state index is 0.0449. The Kier molecular flexibility index (Phi) is 6.81. The van der Waals surface area contributed by atoms with Crippen molar-refractivity contribution < 1.29 is 14.0 Å². The molecule has 170 valence electrons. The van der Waals surface area contributed by atoms with E-state index in [1.165, 1.54) is 10.4 Å². The molecule has 32 heavy (non-hydrogen) atoms. The average Bonchev–Trinajstić information content (AvgIpc) is 3.23. The van der Waals surface area contributed by atoms with Gasteiger partial charge in [-0.25, -0.2) is 4.79 Å². The molecular weight excluding hydrogens is 436 g/mol. The lowest BCUT2D eigenvalue weighted by atomic mass is 10.2. The summed E-state index contributed by atoms with van der Waals surface area (Å²) in [5.74, 6) is 0. The Hall–Kier alpha value is -2.06. The number of rotatable bonds is 6. The Morgan fingerprint density at radius 3 is 2.09 bits per heavy atom. The number of carbonyl (C=O) groups excluding carboxylic acids is 1. The molecule has 2 aromatic rings. The SMILES string of the molecule is CCOC(=O)N1C=CSC1N1CC(O[Si](c2ccccc2)(c2ccccc2)C(C)(C)C)C1. The molecule has 5 nitrogen and oxygen atoms in total. The highest BCUT2D eigenvalue weighted by Crippen LogP contribution is 2.40. The van der Waals surface area contributed by atoms with Gasteiger partial charge in [-0.05, 0) is 27.7 Å². The highest BCUT2D eigenvalue weighted by molar-refractivity contribution is 8.02. The van der Waals surface area contributed by atoms with Gasteiger partial charge in [-0.15, -0.1) is 0 Å². The Bertz CT molecular complexity index is 903. The van der Waals surface area contributed by atoms with Crippen LogP contribution in [0.4, 0.5) is 4.79 Å². The van der Waals surface area contributed by atoms with Crippen LogP contribution in [0.1, 0.15) is 27.7 Å². The molecule has 7 heteroatoms. The van der Waals surface area contributed by atoms with E-state index in [0.717, 1.165) is 13.1 Å². The van der Waals surface area contributed by atoms with Crippen molar-refractivity contribution in [1.82, 2.24) is 9.80 Å². The standard InChI is InChI=1S/C25H32N2O3SSi/c1-5-29-24(28)27-16-17-31-23(27)26-18-20(19-26)30-32(25(2,3)4,21-12-8-6-9-13-21)22-14-10-7-11-15-22/h6-17,20,23H,5,18-19H2,1-4H3. The van der Waals surface area contributed by atoms with Crippen LogP contribution in [-0.2, 0) is 9.16 Å². The summed E-state index contributed by atoms with van der Waals surface area (Å²) in [6, 6.07) is 21.5. The van der Waals surface area contributed by atoms with E-state index in [2.05, 4.69) is 86.3 Å². The van der Waals surface area contributed by atoms with Crippen molar-refractivity contribution in [3.05, 3.63) is 72.3 Å². The lowest BCUT2D eigenvalue weighted by Gasteiger charge is -2.51. The molecule has 1 amide bonds. The lowest BCUT2D eigenvalue weighted by molar-refractivity contribution is -0.0215. The van der Waals surface area contributed by atoms with E-state index >= 15 is 0 Å². The Labute approximate surface area is 196 Å². The smallest absolute Gasteiger partial charge is 0.415 e. The van der Waals surface area contributed by atoms with E-state index in [1.807, 2.05) is 18.5 Å². The third-order valence-electron chi connectivity index (χ3n) is 6.09. The first-order valence-corrected chi connectivity index (χ1v) is 14.0. The van der Waals surface area contributed by atoms with Crippen molar-refractivity contribution in [3.8, 4) is 0 Å². The first-order chi connectivity index (χ1) is 15.4. The van der Waals surface area contributed by atoms with E-state index in [9.17, 15) is 4.79 Å². The fourth-order valence-electron chi connectivity index (χ4n) is 4.59. The number of hydrogen-bond donors (Lipinski definition) is 0. The van der Waals surface area contributed by atoms with Crippen molar-refractivity contribution in [2.24, 2.45) is 0 Å². The molecule has 2 aliphatic heterocycles. The van der Waals surface area contributed by atoms with Crippen LogP contribution >= 0.6 is 11.8 Å². The number of hydrogen-bond acceptors (Lipinski definition) is 5. The number of nitrogens with zero attached hydrogens (tertiary/aromatic N) is 2. The van der Waals surface area contributed by atoms with Gasteiger partial charge < -0.3 is 9.16 Å². The van der Waals surface area contributed by atoms with E-state index in [0.29, 0.717) is 6.61 Å². The van der Waals surface area contributed by atoms with E-state index in [-0.39, 0.29) is 22.7 Å². The summed E-state index contributed by atoms with van der Waals surface area (Å²) in [4.78, 5) is 16.3. The predicted octanol–water partition coefficient (Wildman–Crippen LogP) is 4.21. The van der Waals surface area contributed by atoms with Crippen LogP contribution in [-0.4, -0.2) is 55.5 Å². The molecule has 4 rings (SSSR count). The third kappa shape index (κ3) is 4.27. The molecule has 1 saturated heterocycles. The summed E-state index contributed by atoms with van der Waals surface area (Å²) in [6.07, 6.45) is 1.63. The van der Waals surface area contributed by atoms with Gasteiger partial charge in [-0.1, -0.05) is 93.2 Å². The Balaban J connectivity index is 1.57. The molecule has 0 saturated carbocycles. The minimum Gasteiger partial charge on any atom is -0.449 e. The highest BCUT2D eigenvalue weighted by atomic mass is 32.2. The van der Waals surface area contributed by atoms with E-state index in [1.54, 1.807) is 16.7 Å². The molecule has 0 spiro atoms. The van der Waals surface area contributed by atoms with Gasteiger partial charge in [0.1, 0.15) is 5.50 Å². The zero-order chi connectivity index (χ0) is 22.8. The van der Waals surface area contributed by atoms with Gasteiger partial charge in [-0.3, -0.25) is 9.80 Å². The summed E-state index contributed by atoms with van der Waals surface area (Å²) in [5.41, 5.74) is -0.0620. The summed E-state index contributed by atoms with van der Waals surface area (Å²) in [7, 11) is -2.56. The monoisotopic (exact) mass is 468 g/mol. The van der Waals surface area contributed by atoms with E-state index in [4.69, 9.17) is 9.16 Å². The maximum Gasteiger partial charge on any atom is 0.415 e. The summed E-state index contributed by atoms with van der Waals surface area (Å²) in [5, 5.41) is 4.50. The van der Waals surface area contributed by atoms with Crippen molar-refractivity contribution in [2.75, 3.05) is 19.7 Å². The number of thioether (sulfide) groups is 1. The van der Waals surface area contributed by atoms with Crippen LogP contribution in [0.15, 0.2) is 72.3 Å². The molecule has 0 radical (unpaired) electrons. The van der Waals surface area contributed by atoms with Crippen molar-refractivity contribution >= 4 is 36.5 Å². The number of ether oxygens (including phenoxy) is 1. The van der Waals surface area contributed by atoms with Crippen molar-refractivity contribution in [2.45, 2.75) is 44.3 Å². The average molecular weight is 469 g/mol. The number of amides is 1. The predicted molar refractivity (Wildman–Crippen MR) is 133 cm³/mol. The first-order valence-electron chi connectivity index (χ1n) is 11.2. The maximum absolute atomic E-state index is 12.3. The van der Waals surface area contributed by atoms with Crippen LogP contribution < -0.4 is 10.4 Å². The van der Waals surface area contributed by atoms with Gasteiger partial charge in [0.15, 0.2) is 0 Å². The van der Waals surface area contributed by atoms with Gasteiger partial charge in [0, 0.05) is 19.3 Å². The summed E-state index contributed by atoms with van der Waals surface area (Å²) < 4.78 is 12.4. The molecule has 1 fully saturated rings.